The van der Waals surface area contributed by atoms with Gasteiger partial charge in [0.1, 0.15) is 12.4 Å². The van der Waals surface area contributed by atoms with Crippen LogP contribution in [-0.4, -0.2) is 66.7 Å². The zero-order valence-corrected chi connectivity index (χ0v) is 25.8. The van der Waals surface area contributed by atoms with E-state index in [1.165, 1.54) is 0 Å². The maximum Gasteiger partial charge on any atom is 0.339 e. The molecule has 0 aromatic heterocycles. The molecule has 2 aromatic carbocycles. The fourth-order valence-corrected chi connectivity index (χ4v) is 8.11. The standard InChI is InChI=1S/C35H41NO8/c1-33(2)12-7-14-35(44-33,20-29(37)40-21-23-9-5-4-6-10-23)32(38)43-31-28(39-3)19-34-13-8-15-36(34)16-11-24-17-26-27(42-22-41-26)18-25(24)30(31)34/h4-6,9-10,17-19,30-31H,7-8,11-16,20-22H2,1-3H3/t30?,31?,34-,35+/m1/s1. The first kappa shape index (κ1) is 29.2. The van der Waals surface area contributed by atoms with Crippen molar-refractivity contribution in [3.8, 4) is 11.5 Å². The van der Waals surface area contributed by atoms with Crippen molar-refractivity contribution >= 4 is 11.9 Å². The second-order valence-corrected chi connectivity index (χ2v) is 13.3. The largest absolute Gasteiger partial charge is 0.497 e. The molecule has 0 saturated carbocycles. The highest BCUT2D eigenvalue weighted by Gasteiger charge is 2.60. The molecule has 0 N–H and O–H groups in total. The third-order valence-corrected chi connectivity index (χ3v) is 10.1. The van der Waals surface area contributed by atoms with Gasteiger partial charge in [-0.3, -0.25) is 9.69 Å². The van der Waals surface area contributed by atoms with Gasteiger partial charge in [-0.1, -0.05) is 30.3 Å². The molecule has 234 valence electrons. The monoisotopic (exact) mass is 603 g/mol. The van der Waals surface area contributed by atoms with Crippen molar-refractivity contribution in [1.82, 2.24) is 4.90 Å². The number of hydrogen-bond acceptors (Lipinski definition) is 9. The Balaban J connectivity index is 1.21. The number of rotatable bonds is 7. The Kier molecular flexibility index (Phi) is 7.36. The van der Waals surface area contributed by atoms with Crippen molar-refractivity contribution in [3.63, 3.8) is 0 Å². The lowest BCUT2D eigenvalue weighted by Crippen LogP contribution is -2.54. The van der Waals surface area contributed by atoms with Gasteiger partial charge in [-0.05, 0) is 93.8 Å². The molecule has 2 aromatic rings. The highest BCUT2D eigenvalue weighted by molar-refractivity contribution is 5.86. The molecule has 44 heavy (non-hydrogen) atoms. The zero-order valence-electron chi connectivity index (χ0n) is 25.8. The first-order valence-electron chi connectivity index (χ1n) is 15.8. The van der Waals surface area contributed by atoms with Crippen molar-refractivity contribution < 1.29 is 38.0 Å². The summed E-state index contributed by atoms with van der Waals surface area (Å²) in [4.78, 5) is 30.3. The van der Waals surface area contributed by atoms with Crippen LogP contribution in [0.2, 0.25) is 0 Å². The van der Waals surface area contributed by atoms with E-state index in [1.54, 1.807) is 7.11 Å². The molecule has 0 radical (unpaired) electrons. The molecule has 9 nitrogen and oxygen atoms in total. The van der Waals surface area contributed by atoms with Crippen molar-refractivity contribution in [2.24, 2.45) is 0 Å². The summed E-state index contributed by atoms with van der Waals surface area (Å²) in [5, 5.41) is 0. The van der Waals surface area contributed by atoms with Gasteiger partial charge in [0, 0.05) is 6.54 Å². The smallest absolute Gasteiger partial charge is 0.339 e. The molecule has 2 unspecified atom stereocenters. The summed E-state index contributed by atoms with van der Waals surface area (Å²) in [7, 11) is 1.63. The van der Waals surface area contributed by atoms with E-state index < -0.39 is 29.2 Å². The van der Waals surface area contributed by atoms with E-state index in [1.807, 2.05) is 44.2 Å². The fourth-order valence-electron chi connectivity index (χ4n) is 8.11. The first-order chi connectivity index (χ1) is 21.2. The second kappa shape index (κ2) is 11.1. The molecule has 2 fully saturated rings. The summed E-state index contributed by atoms with van der Waals surface area (Å²) in [5.74, 6) is 0.812. The number of nitrogens with zero attached hydrogens (tertiary/aromatic N) is 1. The van der Waals surface area contributed by atoms with Crippen molar-refractivity contribution in [2.45, 2.75) is 94.2 Å². The predicted octanol–water partition coefficient (Wildman–Crippen LogP) is 5.20. The highest BCUT2D eigenvalue weighted by Crippen LogP contribution is 2.56. The van der Waals surface area contributed by atoms with Crippen LogP contribution in [0.25, 0.3) is 0 Å². The molecular formula is C35H41NO8. The zero-order chi connectivity index (χ0) is 30.5. The topological polar surface area (TPSA) is 92.8 Å². The van der Waals surface area contributed by atoms with Crippen LogP contribution in [0.1, 0.15) is 75.0 Å². The molecule has 2 saturated heterocycles. The maximum absolute atomic E-state index is 14.5. The van der Waals surface area contributed by atoms with Crippen LogP contribution >= 0.6 is 0 Å². The summed E-state index contributed by atoms with van der Waals surface area (Å²) in [6.07, 6.45) is 5.94. The van der Waals surface area contributed by atoms with E-state index in [4.69, 9.17) is 28.4 Å². The number of ether oxygens (including phenoxy) is 6. The van der Waals surface area contributed by atoms with Gasteiger partial charge in [0.15, 0.2) is 23.2 Å². The number of methoxy groups -OCH3 is 1. The minimum absolute atomic E-state index is 0.126. The third kappa shape index (κ3) is 5.04. The summed E-state index contributed by atoms with van der Waals surface area (Å²) in [5.41, 5.74) is 0.687. The molecule has 0 amide bonds. The van der Waals surface area contributed by atoms with Crippen LogP contribution in [0, 0.1) is 0 Å². The number of hydrogen-bond donors (Lipinski definition) is 0. The SMILES string of the molecule is COC1=C[C@@]23CCCN2CCc2cc4c(cc2C3C1OC(=O)[C@@]1(CC(=O)OCc2ccccc2)CCCC(C)(C)O1)OCO4. The maximum atomic E-state index is 14.5. The quantitative estimate of drug-likeness (QED) is 0.396. The van der Waals surface area contributed by atoms with Crippen LogP contribution in [0.15, 0.2) is 54.3 Å². The van der Waals surface area contributed by atoms with Crippen molar-refractivity contribution in [2.75, 3.05) is 27.0 Å². The number of esters is 2. The Morgan fingerprint density at radius 3 is 2.57 bits per heavy atom. The lowest BCUT2D eigenvalue weighted by Gasteiger charge is -2.44. The van der Waals surface area contributed by atoms with Gasteiger partial charge >= 0.3 is 11.9 Å². The minimum atomic E-state index is -1.47. The summed E-state index contributed by atoms with van der Waals surface area (Å²) < 4.78 is 36.2. The second-order valence-electron chi connectivity index (χ2n) is 13.3. The molecule has 5 aliphatic rings. The molecule has 4 heterocycles. The van der Waals surface area contributed by atoms with Gasteiger partial charge in [0.05, 0.1) is 30.6 Å². The van der Waals surface area contributed by atoms with Gasteiger partial charge in [-0.25, -0.2) is 4.79 Å². The molecular weight excluding hydrogens is 562 g/mol. The van der Waals surface area contributed by atoms with Gasteiger partial charge < -0.3 is 28.4 Å². The van der Waals surface area contributed by atoms with Gasteiger partial charge in [0.25, 0.3) is 0 Å². The summed E-state index contributed by atoms with van der Waals surface area (Å²) >= 11 is 0. The fraction of sp³-hybridized carbons (Fsp3) is 0.543. The molecule has 1 spiro atoms. The Labute approximate surface area is 258 Å². The molecule has 9 heteroatoms. The van der Waals surface area contributed by atoms with E-state index in [-0.39, 0.29) is 31.3 Å². The Morgan fingerprint density at radius 1 is 1.00 bits per heavy atom. The van der Waals surface area contributed by atoms with Gasteiger partial charge in [-0.15, -0.1) is 0 Å². The normalized spacial score (nSPS) is 29.9. The van der Waals surface area contributed by atoms with E-state index in [9.17, 15) is 9.59 Å². The predicted molar refractivity (Wildman–Crippen MR) is 160 cm³/mol. The van der Waals surface area contributed by atoms with Crippen molar-refractivity contribution in [1.29, 1.82) is 0 Å². The van der Waals surface area contributed by atoms with Crippen LogP contribution in [0.4, 0.5) is 0 Å². The molecule has 4 aliphatic heterocycles. The van der Waals surface area contributed by atoms with E-state index >= 15 is 0 Å². The number of benzene rings is 2. The molecule has 4 atom stereocenters. The van der Waals surface area contributed by atoms with Crippen LogP contribution in [0.3, 0.4) is 0 Å². The number of fused-ring (bicyclic) bond motifs is 3. The Hall–Kier alpha value is -3.56. The lowest BCUT2D eigenvalue weighted by atomic mass is 9.77. The Bertz CT molecular complexity index is 1470. The number of carbonyl (C=O) groups excluding carboxylic acids is 2. The lowest BCUT2D eigenvalue weighted by molar-refractivity contribution is -0.217. The van der Waals surface area contributed by atoms with E-state index in [0.717, 1.165) is 67.6 Å². The number of carbonyl (C=O) groups is 2. The average molecular weight is 604 g/mol. The Morgan fingerprint density at radius 2 is 1.80 bits per heavy atom. The first-order valence-corrected chi connectivity index (χ1v) is 15.8. The molecule has 7 rings (SSSR count). The van der Waals surface area contributed by atoms with Crippen LogP contribution in [-0.2, 0) is 41.6 Å². The van der Waals surface area contributed by atoms with E-state index in [2.05, 4.69) is 23.1 Å². The highest BCUT2D eigenvalue weighted by atomic mass is 16.7. The summed E-state index contributed by atoms with van der Waals surface area (Å²) in [6, 6.07) is 13.6. The minimum Gasteiger partial charge on any atom is -0.497 e. The molecule has 0 bridgehead atoms. The van der Waals surface area contributed by atoms with Crippen LogP contribution < -0.4 is 9.47 Å². The average Bonchev–Trinajstić information content (AvgIpc) is 3.69. The summed E-state index contributed by atoms with van der Waals surface area (Å²) in [6.45, 7) is 6.06. The van der Waals surface area contributed by atoms with E-state index in [0.29, 0.717) is 17.9 Å². The van der Waals surface area contributed by atoms with Gasteiger partial charge in [0.2, 0.25) is 6.79 Å². The van der Waals surface area contributed by atoms with Crippen LogP contribution in [0.5, 0.6) is 11.5 Å². The van der Waals surface area contributed by atoms with Gasteiger partial charge in [-0.2, -0.15) is 0 Å². The third-order valence-electron chi connectivity index (χ3n) is 10.1. The molecule has 1 aliphatic carbocycles. The van der Waals surface area contributed by atoms with Crippen molar-refractivity contribution in [3.05, 3.63) is 71.0 Å².